The van der Waals surface area contributed by atoms with Crippen molar-refractivity contribution in [2.75, 3.05) is 5.75 Å². The Hall–Kier alpha value is -2.02. The number of aromatic amines is 1. The van der Waals surface area contributed by atoms with E-state index in [1.54, 1.807) is 18.2 Å². The second-order valence-electron chi connectivity index (χ2n) is 5.44. The number of H-pyrrole nitrogens is 1. The fourth-order valence-electron chi connectivity index (χ4n) is 2.48. The van der Waals surface area contributed by atoms with Crippen molar-refractivity contribution < 1.29 is 9.36 Å². The van der Waals surface area contributed by atoms with Gasteiger partial charge in [-0.25, -0.2) is 15.0 Å². The fourth-order valence-corrected chi connectivity index (χ4v) is 3.84. The molecule has 26 heavy (non-hydrogen) atoms. The van der Waals surface area contributed by atoms with Gasteiger partial charge in [0.2, 0.25) is 0 Å². The van der Waals surface area contributed by atoms with Crippen LogP contribution in [0.3, 0.4) is 0 Å². The van der Waals surface area contributed by atoms with Crippen molar-refractivity contribution in [2.45, 2.75) is 18.6 Å². The maximum Gasteiger partial charge on any atom is 0.317 e. The zero-order chi connectivity index (χ0) is 18.5. The molecule has 8 heteroatoms. The summed E-state index contributed by atoms with van der Waals surface area (Å²) in [5.74, 6) is 0.0519. The van der Waals surface area contributed by atoms with Gasteiger partial charge in [-0.05, 0) is 43.0 Å². The molecule has 0 saturated heterocycles. The number of halogens is 2. The molecule has 0 bridgehead atoms. The molecule has 0 aliphatic heterocycles. The predicted octanol–water partition coefficient (Wildman–Crippen LogP) is 4.02. The summed E-state index contributed by atoms with van der Waals surface area (Å²) in [7, 11) is 0. The maximum absolute atomic E-state index is 12.0. The number of hydrogen-bond donors (Lipinski definition) is 2. The summed E-state index contributed by atoms with van der Waals surface area (Å²) in [5.41, 5.74) is 5.36. The molecule has 0 aliphatic carbocycles. The standard InChI is InChI=1S/C18H16Cl2N4OS/c1-2-24-16-6-4-3-5-15(16)22-18(24)26-11-17(25)23-21-10-12-7-8-13(19)9-14(12)20/h3-10H,2,11H2,1H3,(H,23,25)/p+1. The molecule has 0 radical (unpaired) electrons. The Bertz CT molecular complexity index is 971. The van der Waals surface area contributed by atoms with Gasteiger partial charge < -0.3 is 0 Å². The minimum atomic E-state index is -0.197. The van der Waals surface area contributed by atoms with Gasteiger partial charge in [0.25, 0.3) is 5.91 Å². The number of hydrazone groups is 1. The molecule has 2 N–H and O–H groups in total. The lowest BCUT2D eigenvalue weighted by Crippen LogP contribution is -2.34. The number of fused-ring (bicyclic) bond motifs is 1. The van der Waals surface area contributed by atoms with Gasteiger partial charge in [-0.1, -0.05) is 41.4 Å². The highest BCUT2D eigenvalue weighted by atomic mass is 35.5. The van der Waals surface area contributed by atoms with Crippen LogP contribution < -0.4 is 9.99 Å². The maximum atomic E-state index is 12.0. The van der Waals surface area contributed by atoms with Crippen molar-refractivity contribution in [3.05, 3.63) is 58.1 Å². The summed E-state index contributed by atoms with van der Waals surface area (Å²) in [6.45, 7) is 2.89. The largest absolute Gasteiger partial charge is 0.317 e. The molecule has 2 aromatic carbocycles. The molecule has 0 fully saturated rings. The molecule has 1 aromatic heterocycles. The monoisotopic (exact) mass is 407 g/mol. The van der Waals surface area contributed by atoms with Gasteiger partial charge >= 0.3 is 5.16 Å². The molecule has 3 rings (SSSR count). The van der Waals surface area contributed by atoms with E-state index in [1.165, 1.54) is 18.0 Å². The van der Waals surface area contributed by atoms with Crippen LogP contribution in [0.15, 0.2) is 52.7 Å². The number of imidazole rings is 1. The molecule has 134 valence electrons. The molecule has 3 aromatic rings. The Morgan fingerprint density at radius 1 is 1.31 bits per heavy atom. The van der Waals surface area contributed by atoms with Gasteiger partial charge in [0, 0.05) is 10.6 Å². The topological polar surface area (TPSA) is 61.1 Å². The minimum absolute atomic E-state index is 0.197. The van der Waals surface area contributed by atoms with E-state index in [-0.39, 0.29) is 11.7 Å². The molecular formula is C18H17Cl2N4OS+. The quantitative estimate of drug-likeness (QED) is 0.280. The Kier molecular flexibility index (Phi) is 6.19. The summed E-state index contributed by atoms with van der Waals surface area (Å²) in [6.07, 6.45) is 1.50. The highest BCUT2D eigenvalue weighted by Crippen LogP contribution is 2.19. The Morgan fingerprint density at radius 3 is 2.88 bits per heavy atom. The number of nitrogens with zero attached hydrogens (tertiary/aromatic N) is 2. The van der Waals surface area contributed by atoms with Crippen molar-refractivity contribution in [1.29, 1.82) is 0 Å². The van der Waals surface area contributed by atoms with Crippen molar-refractivity contribution in [2.24, 2.45) is 5.10 Å². The Labute approximate surface area is 165 Å². The molecule has 0 saturated carbocycles. The Morgan fingerprint density at radius 2 is 2.12 bits per heavy atom. The van der Waals surface area contributed by atoms with Crippen LogP contribution in [-0.4, -0.2) is 22.9 Å². The van der Waals surface area contributed by atoms with E-state index in [4.69, 9.17) is 23.2 Å². The van der Waals surface area contributed by atoms with Gasteiger partial charge in [-0.2, -0.15) is 5.10 Å². The van der Waals surface area contributed by atoms with E-state index < -0.39 is 0 Å². The van der Waals surface area contributed by atoms with Crippen LogP contribution in [0.25, 0.3) is 11.0 Å². The summed E-state index contributed by atoms with van der Waals surface area (Å²) in [5, 5.41) is 5.92. The average molecular weight is 408 g/mol. The van der Waals surface area contributed by atoms with Gasteiger partial charge in [0.05, 0.1) is 23.5 Å². The fraction of sp³-hybridized carbons (Fsp3) is 0.167. The molecule has 0 spiro atoms. The second kappa shape index (κ2) is 8.58. The molecule has 0 unspecified atom stereocenters. The first-order valence-electron chi connectivity index (χ1n) is 7.98. The third kappa shape index (κ3) is 4.38. The minimum Gasteiger partial charge on any atom is -0.272 e. The first-order chi connectivity index (χ1) is 12.6. The van der Waals surface area contributed by atoms with Crippen molar-refractivity contribution in [1.82, 2.24) is 10.4 Å². The second-order valence-corrected chi connectivity index (χ2v) is 7.25. The predicted molar refractivity (Wildman–Crippen MR) is 107 cm³/mol. The lowest BCUT2D eigenvalue weighted by molar-refractivity contribution is -0.705. The zero-order valence-electron chi connectivity index (χ0n) is 14.0. The van der Waals surface area contributed by atoms with Crippen LogP contribution in [0, 0.1) is 0 Å². The van der Waals surface area contributed by atoms with E-state index in [1.807, 2.05) is 18.2 Å². The molecule has 1 amide bonds. The van der Waals surface area contributed by atoms with Crippen LogP contribution in [0.5, 0.6) is 0 Å². The highest BCUT2D eigenvalue weighted by molar-refractivity contribution is 7.99. The average Bonchev–Trinajstić information content (AvgIpc) is 2.99. The number of rotatable bonds is 6. The third-order valence-corrected chi connectivity index (χ3v) is 5.26. The number of carbonyl (C=O) groups excluding carboxylic acids is 1. The van der Waals surface area contributed by atoms with Crippen LogP contribution in [-0.2, 0) is 11.3 Å². The number of para-hydroxylation sites is 2. The van der Waals surface area contributed by atoms with Crippen molar-refractivity contribution in [3.63, 3.8) is 0 Å². The summed E-state index contributed by atoms with van der Waals surface area (Å²) < 4.78 is 2.14. The molecule has 5 nitrogen and oxygen atoms in total. The highest BCUT2D eigenvalue weighted by Gasteiger charge is 2.18. The number of nitrogens with one attached hydrogen (secondary N) is 2. The van der Waals surface area contributed by atoms with Crippen LogP contribution in [0.4, 0.5) is 0 Å². The molecule has 0 aliphatic rings. The lowest BCUT2D eigenvalue weighted by Gasteiger charge is -2.00. The van der Waals surface area contributed by atoms with Crippen LogP contribution >= 0.6 is 35.0 Å². The van der Waals surface area contributed by atoms with Crippen LogP contribution in [0.1, 0.15) is 12.5 Å². The number of hydrogen-bond acceptors (Lipinski definition) is 3. The first kappa shape index (κ1) is 18.8. The number of benzene rings is 2. The van der Waals surface area contributed by atoms with Gasteiger partial charge in [0.15, 0.2) is 11.0 Å². The summed E-state index contributed by atoms with van der Waals surface area (Å²) in [6, 6.07) is 13.1. The summed E-state index contributed by atoms with van der Waals surface area (Å²) >= 11 is 13.3. The summed E-state index contributed by atoms with van der Waals surface area (Å²) in [4.78, 5) is 15.4. The smallest absolute Gasteiger partial charge is 0.272 e. The molecule has 0 atom stereocenters. The van der Waals surface area contributed by atoms with Crippen LogP contribution in [0.2, 0.25) is 10.0 Å². The normalized spacial score (nSPS) is 11.3. The molecule has 1 heterocycles. The van der Waals surface area contributed by atoms with E-state index in [0.29, 0.717) is 15.6 Å². The number of aromatic nitrogens is 2. The lowest BCUT2D eigenvalue weighted by atomic mass is 10.2. The van der Waals surface area contributed by atoms with E-state index in [0.717, 1.165) is 22.7 Å². The first-order valence-corrected chi connectivity index (χ1v) is 9.73. The van der Waals surface area contributed by atoms with Crippen molar-refractivity contribution in [3.8, 4) is 0 Å². The number of thioether (sulfide) groups is 1. The van der Waals surface area contributed by atoms with E-state index in [2.05, 4.69) is 33.1 Å². The van der Waals surface area contributed by atoms with E-state index in [9.17, 15) is 4.79 Å². The van der Waals surface area contributed by atoms with Crippen molar-refractivity contribution >= 4 is 58.1 Å². The van der Waals surface area contributed by atoms with Gasteiger partial charge in [-0.3, -0.25) is 4.79 Å². The Balaban J connectivity index is 1.60. The van der Waals surface area contributed by atoms with Gasteiger partial charge in [0.1, 0.15) is 0 Å². The third-order valence-electron chi connectivity index (χ3n) is 3.69. The van der Waals surface area contributed by atoms with E-state index >= 15 is 0 Å². The number of carbonyl (C=O) groups is 1. The molecular weight excluding hydrogens is 391 g/mol. The number of amides is 1. The van der Waals surface area contributed by atoms with Gasteiger partial charge in [-0.15, -0.1) is 0 Å². The number of aryl methyl sites for hydroxylation is 1. The zero-order valence-corrected chi connectivity index (χ0v) is 16.3. The SMILES string of the molecule is CC[n+]1c(SCC(=O)NN=Cc2ccc(Cl)cc2Cl)[nH]c2ccccc21.